The van der Waals surface area contributed by atoms with Gasteiger partial charge >= 0.3 is 6.03 Å². The summed E-state index contributed by atoms with van der Waals surface area (Å²) in [4.78, 5) is 36.9. The number of amides is 3. The fourth-order valence-corrected chi connectivity index (χ4v) is 6.43. The molecule has 1 saturated heterocycles. The number of nitrogens with zero attached hydrogens (tertiary/aromatic N) is 5. The van der Waals surface area contributed by atoms with Crippen LogP contribution in [0.25, 0.3) is 0 Å². The lowest BCUT2D eigenvalue weighted by molar-refractivity contribution is -0.116. The number of pyridine rings is 1. The van der Waals surface area contributed by atoms with E-state index in [1.807, 2.05) is 6.07 Å². The number of urea groups is 1. The molecule has 0 bridgehead atoms. The number of rotatable bonds is 7. The van der Waals surface area contributed by atoms with Gasteiger partial charge in [-0.05, 0) is 76.2 Å². The largest absolute Gasteiger partial charge is 0.321 e. The van der Waals surface area contributed by atoms with Crippen LogP contribution in [0.3, 0.4) is 0 Å². The molecule has 1 N–H and O–H groups in total. The smallest absolute Gasteiger partial charge is 0.317 e. The minimum Gasteiger partial charge on any atom is -0.317 e. The van der Waals surface area contributed by atoms with Crippen molar-refractivity contribution in [3.05, 3.63) is 59.8 Å². The highest BCUT2D eigenvalue weighted by Gasteiger charge is 2.55. The van der Waals surface area contributed by atoms with Crippen LogP contribution in [0.4, 0.5) is 10.6 Å². The summed E-state index contributed by atoms with van der Waals surface area (Å²) in [5, 5.41) is 11.8. The van der Waals surface area contributed by atoms with E-state index in [1.165, 1.54) is 24.8 Å². The lowest BCUT2D eigenvalue weighted by Gasteiger charge is -2.51. The summed E-state index contributed by atoms with van der Waals surface area (Å²) < 4.78 is 0. The van der Waals surface area contributed by atoms with E-state index in [-0.39, 0.29) is 35.3 Å². The molecule has 1 spiro atoms. The van der Waals surface area contributed by atoms with E-state index in [9.17, 15) is 9.59 Å². The first-order chi connectivity index (χ1) is 17.8. The maximum Gasteiger partial charge on any atom is 0.321 e. The third-order valence-corrected chi connectivity index (χ3v) is 8.87. The van der Waals surface area contributed by atoms with Gasteiger partial charge in [-0.3, -0.25) is 9.69 Å². The van der Waals surface area contributed by atoms with E-state index in [0.29, 0.717) is 18.3 Å². The molecule has 2 aromatic rings. The lowest BCUT2D eigenvalue weighted by atomic mass is 9.68. The van der Waals surface area contributed by atoms with Gasteiger partial charge < -0.3 is 15.1 Å². The number of anilines is 1. The van der Waals surface area contributed by atoms with Crippen molar-refractivity contribution in [3.8, 4) is 6.07 Å². The van der Waals surface area contributed by atoms with Crippen LogP contribution >= 0.6 is 0 Å². The van der Waals surface area contributed by atoms with Crippen LogP contribution in [0.5, 0.6) is 0 Å². The standard InChI is InChI=1S/C29H36N6O2/c1-33(2)29(23-10-4-3-5-11-23)16-14-28(15-17-29)21-34(27(37)35(28)19-22-8-6-9-22)20-26(36)32-25-13-7-12-24(18-30)31-25/h3-5,7,10-13,22H,6,8-9,14-17,19-21H2,1-2H3,(H,31,32,36)/t28-,29+. The molecule has 3 fully saturated rings. The van der Waals surface area contributed by atoms with Crippen molar-refractivity contribution in [2.45, 2.75) is 56.0 Å². The molecule has 5 rings (SSSR count). The molecule has 0 radical (unpaired) electrons. The van der Waals surface area contributed by atoms with Gasteiger partial charge in [0.05, 0.1) is 5.54 Å². The Morgan fingerprint density at radius 1 is 1.11 bits per heavy atom. The normalized spacial score (nSPS) is 25.8. The quantitative estimate of drug-likeness (QED) is 0.615. The summed E-state index contributed by atoms with van der Waals surface area (Å²) in [6.45, 7) is 1.33. The van der Waals surface area contributed by atoms with Crippen molar-refractivity contribution in [1.29, 1.82) is 5.26 Å². The summed E-state index contributed by atoms with van der Waals surface area (Å²) in [5.74, 6) is 0.592. The first kappa shape index (κ1) is 25.2. The first-order valence-electron chi connectivity index (χ1n) is 13.3. The SMILES string of the molecule is CN(C)[C@]1(c2ccccc2)CC[C@]2(CC1)CN(CC(=O)Nc1cccc(C#N)n1)C(=O)N2CC1CCC1. The van der Waals surface area contributed by atoms with Crippen molar-refractivity contribution < 1.29 is 9.59 Å². The molecule has 8 heteroatoms. The third-order valence-electron chi connectivity index (χ3n) is 8.87. The van der Waals surface area contributed by atoms with Crippen molar-refractivity contribution >= 4 is 17.8 Å². The third kappa shape index (κ3) is 4.80. The Balaban J connectivity index is 1.34. The van der Waals surface area contributed by atoms with Crippen LogP contribution in [0.15, 0.2) is 48.5 Å². The predicted molar refractivity (Wildman–Crippen MR) is 142 cm³/mol. The Morgan fingerprint density at radius 2 is 1.84 bits per heavy atom. The molecule has 1 aromatic heterocycles. The number of hydrogen-bond acceptors (Lipinski definition) is 5. The zero-order chi connectivity index (χ0) is 26.0. The van der Waals surface area contributed by atoms with Gasteiger partial charge in [0, 0.05) is 18.6 Å². The Labute approximate surface area is 219 Å². The van der Waals surface area contributed by atoms with Crippen LogP contribution in [0.1, 0.15) is 56.2 Å². The van der Waals surface area contributed by atoms with E-state index in [1.54, 1.807) is 23.1 Å². The zero-order valence-corrected chi connectivity index (χ0v) is 21.8. The molecule has 0 atom stereocenters. The fourth-order valence-electron chi connectivity index (χ4n) is 6.43. The van der Waals surface area contributed by atoms with E-state index >= 15 is 0 Å². The van der Waals surface area contributed by atoms with Crippen molar-refractivity contribution in [2.75, 3.05) is 39.0 Å². The van der Waals surface area contributed by atoms with Gasteiger partial charge in [0.25, 0.3) is 0 Å². The second kappa shape index (κ2) is 10.1. The van der Waals surface area contributed by atoms with Crippen LogP contribution in [0.2, 0.25) is 0 Å². The first-order valence-corrected chi connectivity index (χ1v) is 13.3. The minimum absolute atomic E-state index is 0.0162. The monoisotopic (exact) mass is 500 g/mol. The molecule has 3 aliphatic rings. The number of carbonyl (C=O) groups is 2. The number of nitrogens with one attached hydrogen (secondary N) is 1. The van der Waals surface area contributed by atoms with Gasteiger partial charge in [-0.1, -0.05) is 42.8 Å². The van der Waals surface area contributed by atoms with Crippen molar-refractivity contribution in [2.24, 2.45) is 5.92 Å². The van der Waals surface area contributed by atoms with Gasteiger partial charge in [0.1, 0.15) is 24.1 Å². The molecule has 194 valence electrons. The summed E-state index contributed by atoms with van der Waals surface area (Å²) >= 11 is 0. The highest BCUT2D eigenvalue weighted by molar-refractivity contribution is 5.94. The second-order valence-corrected chi connectivity index (χ2v) is 11.1. The summed E-state index contributed by atoms with van der Waals surface area (Å²) in [6, 6.07) is 17.6. The Bertz CT molecular complexity index is 1180. The average Bonchev–Trinajstić information content (AvgIpc) is 3.12. The van der Waals surface area contributed by atoms with E-state index in [0.717, 1.165) is 32.2 Å². The predicted octanol–water partition coefficient (Wildman–Crippen LogP) is 4.20. The molecule has 37 heavy (non-hydrogen) atoms. The van der Waals surface area contributed by atoms with Crippen LogP contribution in [0, 0.1) is 17.2 Å². The van der Waals surface area contributed by atoms with E-state index in [2.05, 4.69) is 64.5 Å². The van der Waals surface area contributed by atoms with Gasteiger partial charge in [-0.15, -0.1) is 0 Å². The number of hydrogen-bond donors (Lipinski definition) is 1. The molecule has 3 amide bonds. The van der Waals surface area contributed by atoms with Gasteiger partial charge in [-0.2, -0.15) is 5.26 Å². The maximum absolute atomic E-state index is 13.7. The van der Waals surface area contributed by atoms with Crippen LogP contribution in [-0.4, -0.2) is 70.9 Å². The molecule has 2 heterocycles. The number of benzene rings is 1. The van der Waals surface area contributed by atoms with Gasteiger partial charge in [0.2, 0.25) is 5.91 Å². The van der Waals surface area contributed by atoms with Crippen molar-refractivity contribution in [3.63, 3.8) is 0 Å². The van der Waals surface area contributed by atoms with Crippen LogP contribution in [-0.2, 0) is 10.3 Å². The summed E-state index contributed by atoms with van der Waals surface area (Å²) in [7, 11) is 4.31. The second-order valence-electron chi connectivity index (χ2n) is 11.1. The summed E-state index contributed by atoms with van der Waals surface area (Å²) in [5.41, 5.74) is 1.26. The molecular weight excluding hydrogens is 464 g/mol. The van der Waals surface area contributed by atoms with Crippen LogP contribution < -0.4 is 5.32 Å². The fraction of sp³-hybridized carbons (Fsp3) is 0.517. The van der Waals surface area contributed by atoms with Crippen molar-refractivity contribution in [1.82, 2.24) is 19.7 Å². The molecule has 2 aliphatic carbocycles. The maximum atomic E-state index is 13.7. The average molecular weight is 501 g/mol. The summed E-state index contributed by atoms with van der Waals surface area (Å²) in [6.07, 6.45) is 7.32. The molecule has 8 nitrogen and oxygen atoms in total. The molecule has 2 saturated carbocycles. The molecule has 1 aromatic carbocycles. The molecule has 0 unspecified atom stereocenters. The van der Waals surface area contributed by atoms with E-state index in [4.69, 9.17) is 5.26 Å². The van der Waals surface area contributed by atoms with E-state index < -0.39 is 0 Å². The Kier molecular flexibility index (Phi) is 6.91. The molecule has 1 aliphatic heterocycles. The Morgan fingerprint density at radius 3 is 2.46 bits per heavy atom. The minimum atomic E-state index is -0.292. The van der Waals surface area contributed by atoms with Gasteiger partial charge in [-0.25, -0.2) is 9.78 Å². The highest BCUT2D eigenvalue weighted by atomic mass is 16.2. The topological polar surface area (TPSA) is 92.6 Å². The number of aromatic nitrogens is 1. The molecular formula is C29H36N6O2. The lowest BCUT2D eigenvalue weighted by Crippen LogP contribution is -2.56. The Hall–Kier alpha value is -3.44. The number of nitriles is 1. The van der Waals surface area contributed by atoms with Gasteiger partial charge in [0.15, 0.2) is 0 Å². The number of carbonyl (C=O) groups excluding carboxylic acids is 2. The highest BCUT2D eigenvalue weighted by Crippen LogP contribution is 2.49. The zero-order valence-electron chi connectivity index (χ0n) is 21.8.